The van der Waals surface area contributed by atoms with E-state index in [1.165, 1.54) is 26.6 Å². The maximum atomic E-state index is 11.9. The van der Waals surface area contributed by atoms with Crippen LogP contribution in [0.4, 0.5) is 9.59 Å². The van der Waals surface area contributed by atoms with E-state index in [0.29, 0.717) is 36.8 Å². The fourth-order valence-electron chi connectivity index (χ4n) is 5.73. The van der Waals surface area contributed by atoms with Crippen molar-refractivity contribution in [1.29, 1.82) is 0 Å². The first-order chi connectivity index (χ1) is 20.3. The molecule has 0 unspecified atom stereocenters. The number of carbonyl (C=O) groups is 4. The van der Waals surface area contributed by atoms with Gasteiger partial charge < -0.3 is 34.4 Å². The van der Waals surface area contributed by atoms with E-state index in [4.69, 9.17) is 9.47 Å². The van der Waals surface area contributed by atoms with Gasteiger partial charge in [-0.15, -0.1) is 0 Å². The first-order valence-electron chi connectivity index (χ1n) is 16.1. The Hall–Kier alpha value is -2.11. The molecule has 4 rings (SSSR count). The third-order valence-electron chi connectivity index (χ3n) is 7.97. The topological polar surface area (TPSA) is 112 Å². The highest BCUT2D eigenvalue weighted by Crippen LogP contribution is 2.32. The molecule has 0 aromatic carbocycles. The molecule has 0 saturated carbocycles. The van der Waals surface area contributed by atoms with Gasteiger partial charge in [0.25, 0.3) is 0 Å². The summed E-state index contributed by atoms with van der Waals surface area (Å²) in [5.41, 5.74) is -0.826. The van der Waals surface area contributed by atoms with Crippen LogP contribution in [0.25, 0.3) is 0 Å². The highest BCUT2D eigenvalue weighted by molar-refractivity contribution is 6.62. The maximum Gasteiger partial charge on any atom is 0.410 e. The summed E-state index contributed by atoms with van der Waals surface area (Å²) in [7, 11) is 0. The lowest BCUT2D eigenvalue weighted by Gasteiger charge is -2.25. The van der Waals surface area contributed by atoms with E-state index in [1.54, 1.807) is 11.8 Å². The summed E-state index contributed by atoms with van der Waals surface area (Å²) in [6, 6.07) is 0. The van der Waals surface area contributed by atoms with Crippen LogP contribution in [-0.4, -0.2) is 126 Å². The van der Waals surface area contributed by atoms with Gasteiger partial charge in [0.15, 0.2) is 0 Å². The first-order valence-corrected chi connectivity index (χ1v) is 16.5. The molecule has 1 N–H and O–H groups in total. The third-order valence-corrected chi connectivity index (χ3v) is 7.97. The van der Waals surface area contributed by atoms with Crippen molar-refractivity contribution in [2.45, 2.75) is 87.4 Å². The normalized spacial score (nSPS) is 23.8. The number of nitrogens with one attached hydrogen (secondary N) is 1. The number of halogens is 1. The number of ether oxygens (including phenoxy) is 2. The number of hydrogen-bond donors (Lipinski definition) is 1. The summed E-state index contributed by atoms with van der Waals surface area (Å²) in [4.78, 5) is 52.1. The van der Waals surface area contributed by atoms with Gasteiger partial charge >= 0.3 is 12.2 Å². The van der Waals surface area contributed by atoms with Crippen LogP contribution in [0.15, 0.2) is 0 Å². The van der Waals surface area contributed by atoms with E-state index in [0.717, 1.165) is 39.3 Å². The Morgan fingerprint density at radius 3 is 1.20 bits per heavy atom. The molecular weight excluding hydrogens is 586 g/mol. The molecule has 3 amide bonds. The molecule has 12 heteroatoms. The Labute approximate surface area is 271 Å². The zero-order valence-electron chi connectivity index (χ0n) is 29.2. The highest BCUT2D eigenvalue weighted by Gasteiger charge is 2.43. The number of nitrogens with zero attached hydrogens (tertiary/aromatic N) is 4. The first kappa shape index (κ1) is 39.9. The van der Waals surface area contributed by atoms with E-state index < -0.39 is 5.60 Å². The monoisotopic (exact) mass is 645 g/mol. The molecule has 4 saturated heterocycles. The Kier molecular flexibility index (Phi) is 16.5. The molecule has 4 aliphatic rings. The summed E-state index contributed by atoms with van der Waals surface area (Å²) < 4.78 is 10.7. The molecule has 11 nitrogen and oxygen atoms in total. The zero-order chi connectivity index (χ0) is 33.8. The fourth-order valence-corrected chi connectivity index (χ4v) is 5.73. The lowest BCUT2D eigenvalue weighted by molar-refractivity contribution is -0.128. The average molecular weight is 646 g/mol. The highest BCUT2D eigenvalue weighted by atomic mass is 35.5. The lowest BCUT2D eigenvalue weighted by atomic mass is 10.0. The van der Waals surface area contributed by atoms with Crippen molar-refractivity contribution in [2.75, 3.05) is 72.0 Å². The average Bonchev–Trinajstić information content (AvgIpc) is 3.63. The lowest BCUT2D eigenvalue weighted by Crippen LogP contribution is -2.38. The van der Waals surface area contributed by atoms with E-state index in [1.807, 2.05) is 51.3 Å². The predicted octanol–water partition coefficient (Wildman–Crippen LogP) is 4.52. The largest absolute Gasteiger partial charge is 0.444 e. The Balaban J connectivity index is 0.000000334. The van der Waals surface area contributed by atoms with E-state index in [9.17, 15) is 19.2 Å². The van der Waals surface area contributed by atoms with Crippen LogP contribution >= 0.6 is 11.6 Å². The van der Waals surface area contributed by atoms with Crippen LogP contribution in [0.5, 0.6) is 0 Å². The SMILES string of the molecule is CC(=O)Cl.CC(=O)N1C[C@@H]2CN(C(=O)OC(C)(C)C)C[C@@H]2C1.CC(C)(C)OC(=O)N1C[C@H]2CNC[C@H]2C1.CCN(CC)CC. The van der Waals surface area contributed by atoms with Crippen LogP contribution in [-0.2, 0) is 19.1 Å². The summed E-state index contributed by atoms with van der Waals surface area (Å²) in [6.45, 7) is 31.1. The van der Waals surface area contributed by atoms with Gasteiger partial charge in [-0.2, -0.15) is 0 Å². The molecule has 4 fully saturated rings. The van der Waals surface area contributed by atoms with Crippen LogP contribution in [0.1, 0.15) is 76.2 Å². The minimum absolute atomic E-state index is 0.133. The van der Waals surface area contributed by atoms with Crippen LogP contribution in [0, 0.1) is 23.7 Å². The second kappa shape index (κ2) is 18.1. The number of carbonyl (C=O) groups excluding carboxylic acids is 4. The van der Waals surface area contributed by atoms with Gasteiger partial charge in [0.1, 0.15) is 11.2 Å². The van der Waals surface area contributed by atoms with Gasteiger partial charge in [0, 0.05) is 78.0 Å². The summed E-state index contributed by atoms with van der Waals surface area (Å²) >= 11 is 4.64. The molecule has 0 aliphatic carbocycles. The van der Waals surface area contributed by atoms with Gasteiger partial charge in [-0.05, 0) is 84.6 Å². The van der Waals surface area contributed by atoms with Crippen LogP contribution < -0.4 is 5.32 Å². The Morgan fingerprint density at radius 1 is 0.659 bits per heavy atom. The zero-order valence-corrected chi connectivity index (χ0v) is 30.0. The number of likely N-dealkylation sites (tertiary alicyclic amines) is 3. The minimum Gasteiger partial charge on any atom is -0.444 e. The Morgan fingerprint density at radius 2 is 0.955 bits per heavy atom. The quantitative estimate of drug-likeness (QED) is 0.446. The van der Waals surface area contributed by atoms with Crippen molar-refractivity contribution < 1.29 is 28.7 Å². The standard InChI is InChI=1S/C13H22N2O3.C11H20N2O2.C6H15N.C2H3ClO/c1-9(16)14-5-10-7-15(8-11(10)6-14)12(17)18-13(2,3)4;1-11(2,3)15-10(14)13-6-8-4-12-5-9(8)7-13;1-4-7(5-2)6-3;1-2(3)4/h10-11H,5-8H2,1-4H3;8-9,12H,4-7H2,1-3H3;4-6H2,1-3H3;1H3/t10-,11+;8-,9+;;. The number of fused-ring (bicyclic) bond motifs is 2. The predicted molar refractivity (Wildman–Crippen MR) is 175 cm³/mol. The fraction of sp³-hybridized carbons (Fsp3) is 0.875. The second-order valence-electron chi connectivity index (χ2n) is 14.0. The van der Waals surface area contributed by atoms with Crippen molar-refractivity contribution >= 4 is 34.9 Å². The molecule has 4 aliphatic heterocycles. The Bertz CT molecular complexity index is 898. The number of amides is 3. The maximum absolute atomic E-state index is 11.9. The van der Waals surface area contributed by atoms with Gasteiger partial charge in [0.05, 0.1) is 0 Å². The van der Waals surface area contributed by atoms with E-state index >= 15 is 0 Å². The van der Waals surface area contributed by atoms with Crippen molar-refractivity contribution in [2.24, 2.45) is 23.7 Å². The molecular formula is C32H60ClN5O6. The van der Waals surface area contributed by atoms with Crippen molar-refractivity contribution in [3.05, 3.63) is 0 Å². The minimum atomic E-state index is -0.444. The van der Waals surface area contributed by atoms with Gasteiger partial charge in [-0.25, -0.2) is 9.59 Å². The van der Waals surface area contributed by atoms with Crippen molar-refractivity contribution in [1.82, 2.24) is 24.9 Å². The summed E-state index contributed by atoms with van der Waals surface area (Å²) in [5.74, 6) is 2.24. The van der Waals surface area contributed by atoms with Crippen LogP contribution in [0.3, 0.4) is 0 Å². The second-order valence-corrected chi connectivity index (χ2v) is 14.5. The van der Waals surface area contributed by atoms with Crippen LogP contribution in [0.2, 0.25) is 0 Å². The van der Waals surface area contributed by atoms with E-state index in [2.05, 4.69) is 42.6 Å². The van der Waals surface area contributed by atoms with Crippen molar-refractivity contribution in [3.63, 3.8) is 0 Å². The van der Waals surface area contributed by atoms with Gasteiger partial charge in [0.2, 0.25) is 11.1 Å². The van der Waals surface area contributed by atoms with E-state index in [-0.39, 0.29) is 28.9 Å². The number of hydrogen-bond acceptors (Lipinski definition) is 8. The summed E-state index contributed by atoms with van der Waals surface area (Å²) in [6.07, 6.45) is -0.386. The van der Waals surface area contributed by atoms with Gasteiger partial charge in [-0.3, -0.25) is 9.59 Å². The number of rotatable bonds is 3. The molecule has 0 spiro atoms. The molecule has 0 aromatic heterocycles. The summed E-state index contributed by atoms with van der Waals surface area (Å²) in [5, 5.41) is 2.99. The van der Waals surface area contributed by atoms with Gasteiger partial charge in [-0.1, -0.05) is 20.8 Å². The molecule has 4 atom stereocenters. The third kappa shape index (κ3) is 14.8. The molecule has 0 aromatic rings. The molecule has 4 heterocycles. The molecule has 0 radical (unpaired) electrons. The molecule has 256 valence electrons. The smallest absolute Gasteiger partial charge is 0.410 e. The molecule has 0 bridgehead atoms. The van der Waals surface area contributed by atoms with Crippen molar-refractivity contribution in [3.8, 4) is 0 Å². The molecule has 44 heavy (non-hydrogen) atoms.